The third-order valence-corrected chi connectivity index (χ3v) is 9.17. The van der Waals surface area contributed by atoms with Gasteiger partial charge in [0, 0.05) is 40.6 Å². The summed E-state index contributed by atoms with van der Waals surface area (Å²) in [5.41, 5.74) is 9.46. The summed E-state index contributed by atoms with van der Waals surface area (Å²) in [6, 6.07) is 29.8. The van der Waals surface area contributed by atoms with E-state index in [0.717, 1.165) is 56.5 Å². The number of aromatic nitrogens is 2. The molecule has 0 saturated carbocycles. The predicted molar refractivity (Wildman–Crippen MR) is 175 cm³/mol. The molecule has 3 aliphatic rings. The third-order valence-electron chi connectivity index (χ3n) is 9.17. The van der Waals surface area contributed by atoms with Gasteiger partial charge >= 0.3 is 21.1 Å². The molecular weight excluding hydrogens is 754 g/mol. The molecule has 1 aliphatic carbocycles. The van der Waals surface area contributed by atoms with E-state index in [1.54, 1.807) is 0 Å². The first kappa shape index (κ1) is 29.0. The van der Waals surface area contributed by atoms with Crippen molar-refractivity contribution in [3.8, 4) is 28.7 Å². The number of aryl methyl sites for hydroxylation is 2. The number of ether oxygens (including phenoxy) is 3. The van der Waals surface area contributed by atoms with Crippen molar-refractivity contribution in [3.05, 3.63) is 118 Å². The fourth-order valence-corrected chi connectivity index (χ4v) is 6.88. The summed E-state index contributed by atoms with van der Waals surface area (Å²) in [5, 5.41) is 2.18. The van der Waals surface area contributed by atoms with Crippen LogP contribution in [0.3, 0.4) is 0 Å². The van der Waals surface area contributed by atoms with Crippen molar-refractivity contribution >= 4 is 27.8 Å². The van der Waals surface area contributed by atoms with E-state index < -0.39 is 0 Å². The van der Waals surface area contributed by atoms with Crippen molar-refractivity contribution in [1.29, 1.82) is 0 Å². The predicted octanol–water partition coefficient (Wildman–Crippen LogP) is 9.03. The van der Waals surface area contributed by atoms with Gasteiger partial charge in [-0.1, -0.05) is 69.7 Å². The fraction of sp³-hybridized carbons (Fsp3) is 0.231. The van der Waals surface area contributed by atoms with Crippen molar-refractivity contribution in [1.82, 2.24) is 9.55 Å². The van der Waals surface area contributed by atoms with Gasteiger partial charge in [-0.2, -0.15) is 0 Å². The van der Waals surface area contributed by atoms with Gasteiger partial charge in [-0.05, 0) is 52.4 Å². The molecule has 2 atom stereocenters. The summed E-state index contributed by atoms with van der Waals surface area (Å²) < 4.78 is 21.4. The molecule has 7 heteroatoms. The molecule has 6 nitrogen and oxygen atoms in total. The fourth-order valence-electron chi connectivity index (χ4n) is 6.88. The SMILES string of the molecule is Cc1cnc2c(c1)c1cccc3c1n2-c1[c-]c(Oc2[c-]c(C4=N[C@@H]5c6ccc(C(C)(C)C)cc6C[C@@H]5O4)ccc2)c(C)cc1O3.[Pt+2]. The minimum absolute atomic E-state index is 0. The molecule has 0 unspecified atom stereocenters. The van der Waals surface area contributed by atoms with Crippen LogP contribution in [0.1, 0.15) is 60.2 Å². The zero-order valence-corrected chi connectivity index (χ0v) is 28.4. The molecule has 4 heterocycles. The van der Waals surface area contributed by atoms with Crippen LogP contribution < -0.4 is 9.47 Å². The number of aliphatic imine (C=N–C) groups is 1. The summed E-state index contributed by atoms with van der Waals surface area (Å²) >= 11 is 0. The molecule has 0 radical (unpaired) electrons. The maximum atomic E-state index is 6.45. The maximum Gasteiger partial charge on any atom is 2.00 e. The van der Waals surface area contributed by atoms with E-state index in [9.17, 15) is 0 Å². The van der Waals surface area contributed by atoms with E-state index in [2.05, 4.69) is 74.7 Å². The van der Waals surface area contributed by atoms with E-state index in [4.69, 9.17) is 24.2 Å². The van der Waals surface area contributed by atoms with Crippen LogP contribution in [0.5, 0.6) is 23.0 Å². The number of pyridine rings is 1. The van der Waals surface area contributed by atoms with Gasteiger partial charge < -0.3 is 18.8 Å². The summed E-state index contributed by atoms with van der Waals surface area (Å²) in [6.45, 7) is 10.8. The molecule has 46 heavy (non-hydrogen) atoms. The number of hydrogen-bond acceptors (Lipinski definition) is 5. The van der Waals surface area contributed by atoms with Crippen LogP contribution >= 0.6 is 0 Å². The van der Waals surface area contributed by atoms with Crippen LogP contribution in [-0.4, -0.2) is 21.6 Å². The van der Waals surface area contributed by atoms with E-state index in [1.165, 1.54) is 16.7 Å². The Balaban J connectivity index is 0.00000312. The van der Waals surface area contributed by atoms with Gasteiger partial charge in [0.25, 0.3) is 0 Å². The number of fused-ring (bicyclic) bond motifs is 8. The van der Waals surface area contributed by atoms with Gasteiger partial charge in [0.1, 0.15) is 29.4 Å². The van der Waals surface area contributed by atoms with Crippen LogP contribution in [0.25, 0.3) is 27.6 Å². The molecule has 0 fully saturated rings. The first-order valence-corrected chi connectivity index (χ1v) is 15.4. The second kappa shape index (κ2) is 10.3. The first-order valence-electron chi connectivity index (χ1n) is 15.4. The molecule has 0 bridgehead atoms. The van der Waals surface area contributed by atoms with Crippen LogP contribution in [0.2, 0.25) is 0 Å². The molecule has 230 valence electrons. The second-order valence-electron chi connectivity index (χ2n) is 13.4. The van der Waals surface area contributed by atoms with Gasteiger partial charge in [0.05, 0.1) is 5.52 Å². The van der Waals surface area contributed by atoms with Crippen LogP contribution in [0.15, 0.2) is 77.9 Å². The number of para-hydroxylation sites is 1. The van der Waals surface area contributed by atoms with E-state index in [-0.39, 0.29) is 38.6 Å². The van der Waals surface area contributed by atoms with E-state index in [1.807, 2.05) is 49.5 Å². The molecule has 9 rings (SSSR count). The summed E-state index contributed by atoms with van der Waals surface area (Å²) in [5.74, 6) is 3.30. The van der Waals surface area contributed by atoms with E-state index >= 15 is 0 Å². The molecule has 2 aromatic heterocycles. The van der Waals surface area contributed by atoms with E-state index in [0.29, 0.717) is 23.1 Å². The van der Waals surface area contributed by atoms with Gasteiger partial charge in [-0.15, -0.1) is 35.9 Å². The second-order valence-corrected chi connectivity index (χ2v) is 13.4. The number of benzene rings is 4. The quantitative estimate of drug-likeness (QED) is 0.168. The summed E-state index contributed by atoms with van der Waals surface area (Å²) in [4.78, 5) is 9.84. The summed E-state index contributed by atoms with van der Waals surface area (Å²) in [6.07, 6.45) is 2.76. The third kappa shape index (κ3) is 4.41. The van der Waals surface area contributed by atoms with Gasteiger partial charge in [-0.25, -0.2) is 4.98 Å². The topological polar surface area (TPSA) is 57.9 Å². The number of rotatable bonds is 3. The Labute approximate surface area is 282 Å². The molecule has 2 aliphatic heterocycles. The Bertz CT molecular complexity index is 2260. The standard InChI is InChI=1S/C39H31N3O3.Pt/c1-21-14-29-28-10-7-11-31-36(28)42(37(29)40-20-21)30-19-32(22(2)15-33(30)44-31)43-26-9-6-8-23(17-26)38-41-35-27-13-12-25(39(3,4)5)16-24(27)18-34(35)45-38;/h6-16,20,34-35H,18H2,1-5H3;/q-2;+2/t34-,35+;/m0./s1. The van der Waals surface area contributed by atoms with Crippen LogP contribution in [-0.2, 0) is 37.6 Å². The molecule has 0 N–H and O–H groups in total. The molecule has 0 saturated heterocycles. The molecule has 0 amide bonds. The zero-order chi connectivity index (χ0) is 30.6. The Morgan fingerprint density at radius 3 is 2.63 bits per heavy atom. The minimum atomic E-state index is 0. The van der Waals surface area contributed by atoms with Crippen LogP contribution in [0.4, 0.5) is 0 Å². The smallest absolute Gasteiger partial charge is 0.514 e. The van der Waals surface area contributed by atoms with Crippen LogP contribution in [0, 0.1) is 26.0 Å². The molecule has 6 aromatic rings. The maximum absolute atomic E-state index is 6.45. The van der Waals surface area contributed by atoms with Crippen molar-refractivity contribution in [3.63, 3.8) is 0 Å². The molecule has 4 aromatic carbocycles. The Morgan fingerprint density at radius 2 is 1.78 bits per heavy atom. The minimum Gasteiger partial charge on any atom is -0.514 e. The van der Waals surface area contributed by atoms with Gasteiger partial charge in [-0.3, -0.25) is 4.99 Å². The monoisotopic (exact) mass is 784 g/mol. The molecule has 0 spiro atoms. The largest absolute Gasteiger partial charge is 2.00 e. The van der Waals surface area contributed by atoms with Gasteiger partial charge in [0.15, 0.2) is 0 Å². The van der Waals surface area contributed by atoms with Crippen molar-refractivity contribution in [2.24, 2.45) is 4.99 Å². The van der Waals surface area contributed by atoms with Crippen molar-refractivity contribution in [2.75, 3.05) is 0 Å². The van der Waals surface area contributed by atoms with Crippen molar-refractivity contribution in [2.45, 2.75) is 58.6 Å². The Morgan fingerprint density at radius 1 is 0.935 bits per heavy atom. The van der Waals surface area contributed by atoms with Gasteiger partial charge in [0.2, 0.25) is 0 Å². The number of hydrogen-bond donors (Lipinski definition) is 0. The Kier molecular flexibility index (Phi) is 6.50. The molecular formula is C39H31N3O3Pt. The summed E-state index contributed by atoms with van der Waals surface area (Å²) in [7, 11) is 0. The first-order chi connectivity index (χ1) is 21.7. The normalized spacial score (nSPS) is 17.5. The Hall–Kier alpha value is -4.41. The average Bonchev–Trinajstić information content (AvgIpc) is 3.68. The zero-order valence-electron chi connectivity index (χ0n) is 26.2. The number of nitrogens with zero attached hydrogens (tertiary/aromatic N) is 3. The average molecular weight is 785 g/mol. The van der Waals surface area contributed by atoms with Crippen molar-refractivity contribution < 1.29 is 35.3 Å².